The molecule has 0 rings (SSSR count). The lowest BCUT2D eigenvalue weighted by Gasteiger charge is -2.35. The van der Waals surface area contributed by atoms with E-state index in [1.165, 1.54) is 0 Å². The smallest absolute Gasteiger partial charge is 0.417 e. The molecule has 0 aliphatic heterocycles. The maximum atomic E-state index is 13.6. The summed E-state index contributed by atoms with van der Waals surface area (Å²) in [5, 5.41) is 17.4. The van der Waals surface area contributed by atoms with E-state index >= 15 is 0 Å². The molecule has 0 aromatic heterocycles. The van der Waals surface area contributed by atoms with Crippen LogP contribution in [-0.4, -0.2) is 242 Å². The zero-order valence-corrected chi connectivity index (χ0v) is 65.0. The van der Waals surface area contributed by atoms with Crippen LogP contribution in [0.2, 0.25) is 0 Å². The summed E-state index contributed by atoms with van der Waals surface area (Å²) in [5.41, 5.74) is -2.06. The van der Waals surface area contributed by atoms with Gasteiger partial charge in [0.15, 0.2) is 0 Å². The summed E-state index contributed by atoms with van der Waals surface area (Å²) in [6.07, 6.45) is 14.2. The van der Waals surface area contributed by atoms with Gasteiger partial charge in [0.2, 0.25) is 0 Å². The molecule has 0 aliphatic carbocycles. The van der Waals surface area contributed by atoms with E-state index < -0.39 is 70.3 Å². The second-order valence-corrected chi connectivity index (χ2v) is 28.8. The monoisotopic (exact) mass is 1470 g/mol. The van der Waals surface area contributed by atoms with Crippen molar-refractivity contribution in [3.05, 3.63) is 50.6 Å². The third-order valence-electron chi connectivity index (χ3n) is 15.9. The average molecular weight is 1480 g/mol. The molecule has 0 atom stereocenters. The lowest BCUT2D eigenvalue weighted by atomic mass is 10.1. The van der Waals surface area contributed by atoms with Gasteiger partial charge in [-0.15, -0.1) is 0 Å². The van der Waals surface area contributed by atoms with Crippen molar-refractivity contribution in [2.24, 2.45) is 0 Å². The first-order valence-corrected chi connectivity index (χ1v) is 36.9. The molecule has 0 aromatic rings. The average Bonchev–Trinajstić information content (AvgIpc) is 0.916. The number of hydrogen-bond acceptors (Lipinski definition) is 18. The first-order chi connectivity index (χ1) is 49.1. The predicted octanol–water partition coefficient (Wildman–Crippen LogP) is 11.2. The van der Waals surface area contributed by atoms with E-state index in [4.69, 9.17) is 28.4 Å². The molecular weight excluding hydrogens is 1340 g/mol. The predicted molar refractivity (Wildman–Crippen MR) is 399 cm³/mol. The van der Waals surface area contributed by atoms with Gasteiger partial charge in [-0.05, 0) is 160 Å². The summed E-state index contributed by atoms with van der Waals surface area (Å²) in [6.45, 7) is 39.8. The van der Waals surface area contributed by atoms with Crippen LogP contribution in [0.5, 0.6) is 0 Å². The van der Waals surface area contributed by atoms with Crippen LogP contribution in [0.1, 0.15) is 212 Å². The van der Waals surface area contributed by atoms with E-state index in [9.17, 15) is 57.5 Å². The molecule has 30 heteroatoms. The first kappa shape index (κ1) is 95.4. The molecule has 0 heterocycles. The van der Waals surface area contributed by atoms with Gasteiger partial charge in [0.1, 0.15) is 13.2 Å². The van der Waals surface area contributed by atoms with Crippen LogP contribution in [-0.2, 0) is 47.6 Å². The molecule has 0 aromatic carbocycles. The van der Waals surface area contributed by atoms with Crippen LogP contribution in [0.15, 0.2) is 50.6 Å². The Balaban J connectivity index is 5.83. The Bertz CT molecular complexity index is 2650. The number of ether oxygens (including phenoxy) is 6. The van der Waals surface area contributed by atoms with Crippen LogP contribution >= 0.6 is 0 Å². The number of amides is 14. The fourth-order valence-electron chi connectivity index (χ4n) is 10.1. The van der Waals surface area contributed by atoms with Crippen LogP contribution in [0, 0.1) is 0 Å². The number of nitrogens with one attached hydrogen (secondary N) is 6. The summed E-state index contributed by atoms with van der Waals surface area (Å²) in [4.78, 5) is 162. The molecule has 30 nitrogen and oxygen atoms in total. The number of nitrogens with zero attached hydrogens (tertiary/aromatic N) is 6. The zero-order chi connectivity index (χ0) is 78.6. The number of hydrogen-bond donors (Lipinski definition) is 6. The molecule has 0 saturated heterocycles. The molecule has 0 fully saturated rings. The van der Waals surface area contributed by atoms with Crippen LogP contribution in [0.4, 0.5) is 38.4 Å². The van der Waals surface area contributed by atoms with E-state index in [2.05, 4.69) is 58.2 Å². The molecule has 0 saturated carbocycles. The Kier molecular flexibility index (Phi) is 49.6. The van der Waals surface area contributed by atoms with E-state index in [1.54, 1.807) is 19.6 Å². The Morgan fingerprint density at radius 3 is 0.702 bits per heavy atom. The molecule has 0 aliphatic rings. The number of esters is 4. The highest BCUT2D eigenvalue weighted by Gasteiger charge is 2.31. The standard InChI is InChI=1S/C74H130N12O18/c1-17-59(87)99-55-39-49-83(71(5,6)7)65(93)77-43-31-23-21-29-41-75-63(91)82(48-36-28-26-34-46-80-68(96)86(74(14,15)16)52-58-102-62(90)20-4)70(98)104-54-38-37-53-103-69(97)81(47-35-27-25-33-45-78-66(94)84(72(8,9)10)50-40-56-100-60(88)18-2)64(92)76-42-30-22-24-32-44-79-67(95)85(73(11,12)13)51-57-101-61(89)19-3/h17-20H,1-4,21-58H2,5-16H3,(H,75,91)(H,76,92)(H,77,93)(H,78,94)(H,79,95)(H,80,96). The van der Waals surface area contributed by atoms with Crippen molar-refractivity contribution in [2.45, 2.75) is 234 Å². The summed E-state index contributed by atoms with van der Waals surface area (Å²) in [7, 11) is 0. The number of unbranched alkanes of at least 4 members (excludes halogenated alkanes) is 13. The van der Waals surface area contributed by atoms with Gasteiger partial charge in [0.05, 0.1) is 39.5 Å². The summed E-state index contributed by atoms with van der Waals surface area (Å²) in [5.74, 6) is -2.21. The molecule has 0 spiro atoms. The van der Waals surface area contributed by atoms with Crippen LogP contribution in [0.25, 0.3) is 0 Å². The highest BCUT2D eigenvalue weighted by atomic mass is 16.6. The van der Waals surface area contributed by atoms with E-state index in [0.717, 1.165) is 59.8 Å². The molecular formula is C74H130N12O18. The van der Waals surface area contributed by atoms with Gasteiger partial charge in [0, 0.05) is 112 Å². The zero-order valence-electron chi connectivity index (χ0n) is 65.0. The molecule has 0 radical (unpaired) electrons. The topological polar surface area (TPSA) is 352 Å². The van der Waals surface area contributed by atoms with Crippen molar-refractivity contribution in [1.82, 2.24) is 61.3 Å². The number of imide groups is 2. The molecule has 594 valence electrons. The van der Waals surface area contributed by atoms with E-state index in [1.807, 2.05) is 83.1 Å². The third kappa shape index (κ3) is 45.5. The molecule has 0 bridgehead atoms. The number of carbonyl (C=O) groups excluding carboxylic acids is 12. The Labute approximate surface area is 619 Å². The number of urea groups is 6. The minimum Gasteiger partial charge on any atom is -0.462 e. The SMILES string of the molecule is C=CC(=O)OCCCN(C(=O)NCCCCCCNC(=O)N(CCCCCCNC(=O)N(CCOC(=O)C=C)C(C)(C)C)C(=O)OCCCCOC(=O)N(CCCCCCNC(=O)N(CCCOC(=O)C=C)C(C)(C)C)C(=O)NCCCCCCNC(=O)N(CCOC(=O)C=C)C(C)(C)C)C(C)(C)C. The molecule has 0 unspecified atom stereocenters. The quantitative estimate of drug-likeness (QED) is 0.0143. The second-order valence-electron chi connectivity index (χ2n) is 28.8. The van der Waals surface area contributed by atoms with Gasteiger partial charge in [-0.1, -0.05) is 77.7 Å². The summed E-state index contributed by atoms with van der Waals surface area (Å²) in [6, 6.07) is -2.36. The fraction of sp³-hybridized carbons (Fsp3) is 0.730. The molecule has 104 heavy (non-hydrogen) atoms. The lowest BCUT2D eigenvalue weighted by molar-refractivity contribution is -0.139. The van der Waals surface area contributed by atoms with Crippen molar-refractivity contribution in [2.75, 3.05) is 118 Å². The normalized spacial score (nSPS) is 11.2. The van der Waals surface area contributed by atoms with Gasteiger partial charge in [-0.25, -0.2) is 67.3 Å². The van der Waals surface area contributed by atoms with Crippen LogP contribution in [0.3, 0.4) is 0 Å². The lowest BCUT2D eigenvalue weighted by Crippen LogP contribution is -2.51. The Morgan fingerprint density at radius 1 is 0.250 bits per heavy atom. The third-order valence-corrected chi connectivity index (χ3v) is 15.9. The summed E-state index contributed by atoms with van der Waals surface area (Å²) >= 11 is 0. The molecule has 6 N–H and O–H groups in total. The first-order valence-electron chi connectivity index (χ1n) is 36.9. The molecule has 14 amide bonds. The maximum absolute atomic E-state index is 13.6. The maximum Gasteiger partial charge on any atom is 0.417 e. The van der Waals surface area contributed by atoms with Crippen molar-refractivity contribution in [3.63, 3.8) is 0 Å². The van der Waals surface area contributed by atoms with Crippen molar-refractivity contribution >= 4 is 72.3 Å². The van der Waals surface area contributed by atoms with E-state index in [-0.39, 0.29) is 116 Å². The van der Waals surface area contributed by atoms with Crippen LogP contribution < -0.4 is 31.9 Å². The van der Waals surface area contributed by atoms with E-state index in [0.29, 0.717) is 129 Å². The van der Waals surface area contributed by atoms with Gasteiger partial charge < -0.3 is 79.9 Å². The van der Waals surface area contributed by atoms with Gasteiger partial charge in [-0.2, -0.15) is 0 Å². The second kappa shape index (κ2) is 54.1. The van der Waals surface area contributed by atoms with Gasteiger partial charge in [0.25, 0.3) is 0 Å². The van der Waals surface area contributed by atoms with Crippen molar-refractivity contribution in [1.29, 1.82) is 0 Å². The highest BCUT2D eigenvalue weighted by molar-refractivity contribution is 5.91. The van der Waals surface area contributed by atoms with Crippen molar-refractivity contribution in [3.8, 4) is 0 Å². The van der Waals surface area contributed by atoms with Crippen molar-refractivity contribution < 1.29 is 86.0 Å². The number of rotatable bonds is 51. The number of carbonyl (C=O) groups is 12. The minimum atomic E-state index is -0.861. The fourth-order valence-corrected chi connectivity index (χ4v) is 10.1. The van der Waals surface area contributed by atoms with Gasteiger partial charge >= 0.3 is 72.3 Å². The van der Waals surface area contributed by atoms with Gasteiger partial charge in [-0.3, -0.25) is 0 Å². The Morgan fingerprint density at radius 2 is 0.462 bits per heavy atom. The largest absolute Gasteiger partial charge is 0.462 e. The highest BCUT2D eigenvalue weighted by Crippen LogP contribution is 2.19. The summed E-state index contributed by atoms with van der Waals surface area (Å²) < 4.78 is 31.5. The Hall–Kier alpha value is -8.60. The minimum absolute atomic E-state index is 0.00706.